The summed E-state index contributed by atoms with van der Waals surface area (Å²) in [6.45, 7) is 5.93. The fourth-order valence-electron chi connectivity index (χ4n) is 0.934. The van der Waals surface area contributed by atoms with E-state index in [-0.39, 0.29) is 0 Å². The standard InChI is InChI=1S/C10H16O3S/c1-5-7-9(3)14(11,12,13)10(4)8-6-2/h9-10H,1-4H3,(H2,11,12,13). The fourth-order valence-corrected chi connectivity index (χ4v) is 2.23. The number of hydrogen-bond donors (Lipinski definition) is 2. The molecule has 0 aliphatic heterocycles. The van der Waals surface area contributed by atoms with E-state index >= 15 is 0 Å². The minimum atomic E-state index is -4.76. The Labute approximate surface area is 85.3 Å². The van der Waals surface area contributed by atoms with Crippen LogP contribution in [0.4, 0.5) is 0 Å². The van der Waals surface area contributed by atoms with Crippen molar-refractivity contribution in [2.45, 2.75) is 38.2 Å². The lowest BCUT2D eigenvalue weighted by molar-refractivity contribution is 0.379. The molecule has 0 amide bonds. The topological polar surface area (TPSA) is 57.5 Å². The van der Waals surface area contributed by atoms with Crippen molar-refractivity contribution in [1.29, 1.82) is 0 Å². The van der Waals surface area contributed by atoms with Crippen molar-refractivity contribution < 1.29 is 13.3 Å². The smallest absolute Gasteiger partial charge is 0.117 e. The van der Waals surface area contributed by atoms with Crippen LogP contribution in [0.3, 0.4) is 0 Å². The molecule has 2 N–H and O–H groups in total. The quantitative estimate of drug-likeness (QED) is 0.689. The molecule has 3 nitrogen and oxygen atoms in total. The molecular formula is C10H16O3S. The average Bonchev–Trinajstić information content (AvgIpc) is 2.04. The third-order valence-electron chi connectivity index (χ3n) is 2.02. The third kappa shape index (κ3) is 2.59. The average molecular weight is 216 g/mol. The zero-order valence-corrected chi connectivity index (χ0v) is 9.68. The lowest BCUT2D eigenvalue weighted by atomic mass is 10.4. The van der Waals surface area contributed by atoms with Crippen LogP contribution in [0.2, 0.25) is 0 Å². The maximum absolute atomic E-state index is 11.9. The van der Waals surface area contributed by atoms with Crippen LogP contribution < -0.4 is 0 Å². The summed E-state index contributed by atoms with van der Waals surface area (Å²) in [4.78, 5) is 0. The lowest BCUT2D eigenvalue weighted by Crippen LogP contribution is -2.49. The first kappa shape index (κ1) is 13.2. The second-order valence-electron chi connectivity index (χ2n) is 3.05. The Hall–Kier alpha value is -0.810. The van der Waals surface area contributed by atoms with E-state index in [0.29, 0.717) is 0 Å². The van der Waals surface area contributed by atoms with E-state index in [9.17, 15) is 13.3 Å². The molecule has 14 heavy (non-hydrogen) atoms. The van der Waals surface area contributed by atoms with E-state index in [1.165, 1.54) is 13.8 Å². The molecule has 0 aromatic carbocycles. The van der Waals surface area contributed by atoms with Crippen molar-refractivity contribution in [3.63, 3.8) is 0 Å². The molecule has 0 heterocycles. The summed E-state index contributed by atoms with van der Waals surface area (Å²) in [5, 5.41) is -1.99. The minimum Gasteiger partial charge on any atom is -0.306 e. The first-order chi connectivity index (χ1) is 6.24. The lowest BCUT2D eigenvalue weighted by Gasteiger charge is -2.36. The van der Waals surface area contributed by atoms with Gasteiger partial charge in [0.25, 0.3) is 0 Å². The zero-order valence-electron chi connectivity index (χ0n) is 8.87. The molecule has 0 fully saturated rings. The van der Waals surface area contributed by atoms with Crippen molar-refractivity contribution in [3.8, 4) is 23.7 Å². The van der Waals surface area contributed by atoms with E-state index < -0.39 is 20.1 Å². The van der Waals surface area contributed by atoms with Crippen molar-refractivity contribution in [2.24, 2.45) is 0 Å². The van der Waals surface area contributed by atoms with Crippen LogP contribution in [0.1, 0.15) is 27.7 Å². The van der Waals surface area contributed by atoms with Gasteiger partial charge in [0.05, 0.1) is 0 Å². The molecule has 0 aromatic heterocycles. The Morgan fingerprint density at radius 3 is 1.50 bits per heavy atom. The van der Waals surface area contributed by atoms with Crippen LogP contribution in [-0.4, -0.2) is 23.8 Å². The first-order valence-corrected chi connectivity index (χ1v) is 6.24. The molecule has 0 spiro atoms. The van der Waals surface area contributed by atoms with Gasteiger partial charge in [-0.15, -0.1) is 11.8 Å². The third-order valence-corrected chi connectivity index (χ3v) is 4.92. The van der Waals surface area contributed by atoms with Crippen molar-refractivity contribution in [2.75, 3.05) is 0 Å². The molecule has 0 saturated heterocycles. The monoisotopic (exact) mass is 216 g/mol. The van der Waals surface area contributed by atoms with Crippen LogP contribution in [-0.2, 0) is 9.63 Å². The van der Waals surface area contributed by atoms with E-state index in [4.69, 9.17) is 0 Å². The van der Waals surface area contributed by atoms with Crippen LogP contribution in [0.5, 0.6) is 0 Å². The Balaban J connectivity index is 5.27. The Bertz CT molecular complexity index is 351. The van der Waals surface area contributed by atoms with Crippen LogP contribution in [0.25, 0.3) is 0 Å². The fraction of sp³-hybridized carbons (Fsp3) is 0.600. The Morgan fingerprint density at radius 1 is 1.00 bits per heavy atom. The molecule has 0 aliphatic rings. The second-order valence-corrected chi connectivity index (χ2v) is 6.43. The van der Waals surface area contributed by atoms with E-state index in [0.717, 1.165) is 0 Å². The molecule has 0 aromatic rings. The van der Waals surface area contributed by atoms with Crippen LogP contribution >= 0.6 is 0 Å². The molecule has 2 unspecified atom stereocenters. The van der Waals surface area contributed by atoms with E-state index in [1.54, 1.807) is 13.8 Å². The van der Waals surface area contributed by atoms with Gasteiger partial charge >= 0.3 is 0 Å². The molecule has 0 bridgehead atoms. The second kappa shape index (κ2) is 4.14. The van der Waals surface area contributed by atoms with Crippen LogP contribution in [0.15, 0.2) is 0 Å². The van der Waals surface area contributed by atoms with Crippen molar-refractivity contribution in [1.82, 2.24) is 0 Å². The largest absolute Gasteiger partial charge is 0.306 e. The molecule has 0 radical (unpaired) electrons. The summed E-state index contributed by atoms with van der Waals surface area (Å²) < 4.78 is 31.2. The van der Waals surface area contributed by atoms with Crippen molar-refractivity contribution >= 4 is 9.63 Å². The summed E-state index contributed by atoms with van der Waals surface area (Å²) in [6.07, 6.45) is 0. The van der Waals surface area contributed by atoms with Gasteiger partial charge in [0, 0.05) is 0 Å². The van der Waals surface area contributed by atoms with Gasteiger partial charge in [-0.05, 0) is 27.7 Å². The summed E-state index contributed by atoms with van der Waals surface area (Å²) in [5.41, 5.74) is 0. The SMILES string of the molecule is CC#CC(C)S(=O)(O)(O)C(C)C#CC. The van der Waals surface area contributed by atoms with Gasteiger partial charge < -0.3 is 9.11 Å². The normalized spacial score (nSPS) is 17.4. The molecule has 4 heteroatoms. The highest BCUT2D eigenvalue weighted by Crippen LogP contribution is 2.28. The van der Waals surface area contributed by atoms with Gasteiger partial charge in [-0.1, -0.05) is 11.8 Å². The molecule has 80 valence electrons. The van der Waals surface area contributed by atoms with Gasteiger partial charge in [-0.2, -0.15) is 0 Å². The van der Waals surface area contributed by atoms with Crippen LogP contribution in [0, 0.1) is 23.7 Å². The zero-order chi connectivity index (χ0) is 11.4. The van der Waals surface area contributed by atoms with Gasteiger partial charge in [-0.3, -0.25) is 0 Å². The first-order valence-electron chi connectivity index (χ1n) is 4.24. The molecule has 2 atom stereocenters. The number of rotatable bonds is 2. The minimum absolute atomic E-state index is 0.993. The number of hydrogen-bond acceptors (Lipinski definition) is 1. The summed E-state index contributed by atoms with van der Waals surface area (Å²) in [6, 6.07) is 0. The van der Waals surface area contributed by atoms with Crippen molar-refractivity contribution in [3.05, 3.63) is 0 Å². The highest BCUT2D eigenvalue weighted by molar-refractivity contribution is 8.11. The molecule has 0 aliphatic carbocycles. The maximum Gasteiger partial charge on any atom is 0.117 e. The highest BCUT2D eigenvalue weighted by Gasteiger charge is 2.41. The van der Waals surface area contributed by atoms with E-state index in [2.05, 4.69) is 23.7 Å². The summed E-state index contributed by atoms with van der Waals surface area (Å²) in [5.74, 6) is 9.98. The predicted molar refractivity (Wildman–Crippen MR) is 59.2 cm³/mol. The summed E-state index contributed by atoms with van der Waals surface area (Å²) >= 11 is 0. The Morgan fingerprint density at radius 2 is 1.29 bits per heavy atom. The van der Waals surface area contributed by atoms with Gasteiger partial charge in [0.15, 0.2) is 0 Å². The van der Waals surface area contributed by atoms with Gasteiger partial charge in [0.2, 0.25) is 0 Å². The highest BCUT2D eigenvalue weighted by atomic mass is 32.3. The molecule has 0 rings (SSSR count). The summed E-state index contributed by atoms with van der Waals surface area (Å²) in [7, 11) is -4.76. The molecular weight excluding hydrogens is 200 g/mol. The van der Waals surface area contributed by atoms with E-state index in [1.807, 2.05) is 0 Å². The molecule has 0 saturated carbocycles. The Kier molecular flexibility index (Phi) is 3.91. The maximum atomic E-state index is 11.9. The van der Waals surface area contributed by atoms with Gasteiger partial charge in [0.1, 0.15) is 20.1 Å². The van der Waals surface area contributed by atoms with Gasteiger partial charge in [-0.25, -0.2) is 4.21 Å². The predicted octanol–water partition coefficient (Wildman–Crippen LogP) is 1.58.